The van der Waals surface area contributed by atoms with E-state index in [4.69, 9.17) is 30.5 Å². The summed E-state index contributed by atoms with van der Waals surface area (Å²) in [5, 5.41) is 13.5. The predicted molar refractivity (Wildman–Crippen MR) is 124 cm³/mol. The van der Waals surface area contributed by atoms with Crippen molar-refractivity contribution in [3.8, 4) is 11.5 Å². The van der Waals surface area contributed by atoms with Crippen LogP contribution in [0.1, 0.15) is 37.9 Å². The van der Waals surface area contributed by atoms with Crippen LogP contribution in [0.2, 0.25) is 5.02 Å². The Bertz CT molecular complexity index is 1020. The fourth-order valence-corrected chi connectivity index (χ4v) is 4.26. The molecule has 1 aromatic carbocycles. The Hall–Kier alpha value is -2.55. The molecule has 32 heavy (non-hydrogen) atoms. The van der Waals surface area contributed by atoms with Crippen molar-refractivity contribution in [1.82, 2.24) is 15.3 Å². The normalized spacial score (nSPS) is 14.6. The molecule has 2 aromatic heterocycles. The number of rotatable bonds is 9. The van der Waals surface area contributed by atoms with Gasteiger partial charge in [0, 0.05) is 18.8 Å². The maximum Gasteiger partial charge on any atom is 0.299 e. The molecule has 1 fully saturated rings. The molecule has 3 aromatic rings. The first kappa shape index (κ1) is 22.6. The van der Waals surface area contributed by atoms with Gasteiger partial charge in [0.15, 0.2) is 5.58 Å². The number of benzene rings is 1. The highest BCUT2D eigenvalue weighted by molar-refractivity contribution is 6.33. The SMILES string of the molecule is CCOc1cc(CN(c2nc3ccnc(CO)c3o2)C2CCNCC2)cc(OCC)c1Cl. The van der Waals surface area contributed by atoms with Gasteiger partial charge in [-0.1, -0.05) is 11.6 Å². The van der Waals surface area contributed by atoms with Crippen LogP contribution in [-0.4, -0.2) is 47.4 Å². The first-order chi connectivity index (χ1) is 15.6. The summed E-state index contributed by atoms with van der Waals surface area (Å²) < 4.78 is 17.7. The van der Waals surface area contributed by atoms with E-state index in [1.807, 2.05) is 26.0 Å². The number of aliphatic hydroxyl groups excluding tert-OH is 1. The third kappa shape index (κ3) is 4.77. The van der Waals surface area contributed by atoms with Gasteiger partial charge in [0.25, 0.3) is 6.01 Å². The minimum Gasteiger partial charge on any atom is -0.492 e. The Morgan fingerprint density at radius 2 is 1.88 bits per heavy atom. The minimum absolute atomic E-state index is 0.202. The standard InChI is InChI=1S/C23H29ClN4O4/c1-3-30-19-11-15(12-20(21(19)24)31-4-2)13-28(16-5-8-25-9-6-16)23-27-17-7-10-26-18(14-29)22(17)32-23/h7,10-12,16,25,29H,3-6,8-9,13-14H2,1-2H3. The molecule has 0 radical (unpaired) electrons. The zero-order valence-electron chi connectivity index (χ0n) is 18.4. The van der Waals surface area contributed by atoms with Crippen LogP contribution < -0.4 is 19.7 Å². The van der Waals surface area contributed by atoms with Gasteiger partial charge >= 0.3 is 0 Å². The average molecular weight is 461 g/mol. The van der Waals surface area contributed by atoms with Crippen LogP contribution in [0.4, 0.5) is 6.01 Å². The summed E-state index contributed by atoms with van der Waals surface area (Å²) in [6.45, 7) is 7.08. The van der Waals surface area contributed by atoms with E-state index in [-0.39, 0.29) is 12.6 Å². The number of aliphatic hydroxyl groups is 1. The predicted octanol–water partition coefficient (Wildman–Crippen LogP) is 3.92. The lowest BCUT2D eigenvalue weighted by atomic mass is 10.0. The molecule has 4 rings (SSSR count). The second kappa shape index (κ2) is 10.4. The molecule has 0 atom stereocenters. The Morgan fingerprint density at radius 1 is 1.19 bits per heavy atom. The summed E-state index contributed by atoms with van der Waals surface area (Å²) in [7, 11) is 0. The van der Waals surface area contributed by atoms with Crippen LogP contribution in [-0.2, 0) is 13.2 Å². The van der Waals surface area contributed by atoms with Crippen molar-refractivity contribution in [2.24, 2.45) is 0 Å². The first-order valence-electron chi connectivity index (χ1n) is 11.0. The number of oxazole rings is 1. The molecule has 172 valence electrons. The number of hydrogen-bond acceptors (Lipinski definition) is 8. The summed E-state index contributed by atoms with van der Waals surface area (Å²) in [5.74, 6) is 1.20. The molecule has 8 nitrogen and oxygen atoms in total. The number of fused-ring (bicyclic) bond motifs is 1. The molecular weight excluding hydrogens is 432 g/mol. The van der Waals surface area contributed by atoms with Crippen LogP contribution in [0.25, 0.3) is 11.1 Å². The van der Waals surface area contributed by atoms with E-state index in [1.165, 1.54) is 0 Å². The van der Waals surface area contributed by atoms with Crippen LogP contribution in [0.15, 0.2) is 28.8 Å². The zero-order chi connectivity index (χ0) is 22.5. The third-order valence-electron chi connectivity index (χ3n) is 5.53. The quantitative estimate of drug-likeness (QED) is 0.496. The van der Waals surface area contributed by atoms with Gasteiger partial charge in [-0.2, -0.15) is 4.98 Å². The number of anilines is 1. The number of hydrogen-bond donors (Lipinski definition) is 2. The molecule has 3 heterocycles. The molecule has 0 unspecified atom stereocenters. The molecule has 1 aliphatic heterocycles. The number of aromatic nitrogens is 2. The van der Waals surface area contributed by atoms with Crippen molar-refractivity contribution >= 4 is 28.7 Å². The van der Waals surface area contributed by atoms with E-state index in [0.29, 0.717) is 59.1 Å². The molecule has 1 saturated heterocycles. The van der Waals surface area contributed by atoms with Gasteiger partial charge in [-0.15, -0.1) is 0 Å². The Labute approximate surface area is 192 Å². The molecule has 1 aliphatic rings. The highest BCUT2D eigenvalue weighted by Crippen LogP contribution is 2.37. The molecule has 0 spiro atoms. The van der Waals surface area contributed by atoms with E-state index in [2.05, 4.69) is 15.2 Å². The van der Waals surface area contributed by atoms with Crippen molar-refractivity contribution in [3.05, 3.63) is 40.7 Å². The van der Waals surface area contributed by atoms with Gasteiger partial charge in [-0.25, -0.2) is 0 Å². The number of piperidine rings is 1. The highest BCUT2D eigenvalue weighted by Gasteiger charge is 2.27. The molecule has 0 aliphatic carbocycles. The van der Waals surface area contributed by atoms with Gasteiger partial charge in [-0.05, 0) is 63.5 Å². The van der Waals surface area contributed by atoms with E-state index in [0.717, 1.165) is 31.5 Å². The van der Waals surface area contributed by atoms with Crippen LogP contribution in [0.5, 0.6) is 11.5 Å². The minimum atomic E-state index is -0.202. The summed E-state index contributed by atoms with van der Waals surface area (Å²) >= 11 is 6.49. The Morgan fingerprint density at radius 3 is 2.50 bits per heavy atom. The number of halogens is 1. The average Bonchev–Trinajstić information content (AvgIpc) is 3.25. The van der Waals surface area contributed by atoms with Crippen molar-refractivity contribution in [3.63, 3.8) is 0 Å². The van der Waals surface area contributed by atoms with Gasteiger partial charge in [0.05, 0.1) is 19.8 Å². The summed E-state index contributed by atoms with van der Waals surface area (Å²) in [6, 6.07) is 6.46. The summed E-state index contributed by atoms with van der Waals surface area (Å²) in [6.07, 6.45) is 3.57. The summed E-state index contributed by atoms with van der Waals surface area (Å²) in [4.78, 5) is 11.1. The van der Waals surface area contributed by atoms with Gasteiger partial charge < -0.3 is 29.2 Å². The van der Waals surface area contributed by atoms with Gasteiger partial charge in [0.2, 0.25) is 0 Å². The summed E-state index contributed by atoms with van der Waals surface area (Å²) in [5.41, 5.74) is 2.67. The molecule has 2 N–H and O–H groups in total. The molecule has 0 amide bonds. The second-order valence-corrected chi connectivity index (χ2v) is 8.02. The molecule has 0 saturated carbocycles. The molecular formula is C23H29ClN4O4. The van der Waals surface area contributed by atoms with Crippen molar-refractivity contribution < 1.29 is 19.0 Å². The second-order valence-electron chi connectivity index (χ2n) is 7.64. The first-order valence-corrected chi connectivity index (χ1v) is 11.4. The van der Waals surface area contributed by atoms with E-state index in [9.17, 15) is 5.11 Å². The monoisotopic (exact) mass is 460 g/mol. The van der Waals surface area contributed by atoms with E-state index in [1.54, 1.807) is 12.3 Å². The Balaban J connectivity index is 1.73. The van der Waals surface area contributed by atoms with Crippen LogP contribution in [0.3, 0.4) is 0 Å². The van der Waals surface area contributed by atoms with Crippen LogP contribution in [0, 0.1) is 0 Å². The molecule has 0 bridgehead atoms. The highest BCUT2D eigenvalue weighted by atomic mass is 35.5. The topological polar surface area (TPSA) is 92.9 Å². The van der Waals surface area contributed by atoms with E-state index >= 15 is 0 Å². The molecule has 9 heteroatoms. The fraction of sp³-hybridized carbons (Fsp3) is 0.478. The van der Waals surface area contributed by atoms with Crippen molar-refractivity contribution in [2.45, 2.75) is 45.9 Å². The number of nitrogens with zero attached hydrogens (tertiary/aromatic N) is 3. The number of pyridine rings is 1. The van der Waals surface area contributed by atoms with Crippen molar-refractivity contribution in [2.75, 3.05) is 31.2 Å². The van der Waals surface area contributed by atoms with Gasteiger partial charge in [-0.3, -0.25) is 4.98 Å². The lowest BCUT2D eigenvalue weighted by Gasteiger charge is -2.33. The number of ether oxygens (including phenoxy) is 2. The maximum absolute atomic E-state index is 9.64. The maximum atomic E-state index is 9.64. The number of nitrogens with one attached hydrogen (secondary N) is 1. The van der Waals surface area contributed by atoms with Crippen LogP contribution >= 0.6 is 11.6 Å². The third-order valence-corrected chi connectivity index (χ3v) is 5.90. The van der Waals surface area contributed by atoms with Crippen molar-refractivity contribution in [1.29, 1.82) is 0 Å². The largest absolute Gasteiger partial charge is 0.492 e. The Kier molecular flexibility index (Phi) is 7.34. The zero-order valence-corrected chi connectivity index (χ0v) is 19.2. The smallest absolute Gasteiger partial charge is 0.299 e. The fourth-order valence-electron chi connectivity index (χ4n) is 4.04. The lowest BCUT2D eigenvalue weighted by molar-refractivity contribution is 0.276. The van der Waals surface area contributed by atoms with Gasteiger partial charge in [0.1, 0.15) is 27.7 Å². The lowest BCUT2D eigenvalue weighted by Crippen LogP contribution is -2.43. The van der Waals surface area contributed by atoms with E-state index < -0.39 is 0 Å².